The lowest BCUT2D eigenvalue weighted by Crippen LogP contribution is -2.52. The molecule has 0 bridgehead atoms. The van der Waals surface area contributed by atoms with Crippen molar-refractivity contribution >= 4 is 23.8 Å². The van der Waals surface area contributed by atoms with Crippen molar-refractivity contribution in [1.82, 2.24) is 15.1 Å². The van der Waals surface area contributed by atoms with Gasteiger partial charge in [-0.15, -0.1) is 0 Å². The largest absolute Gasteiger partial charge is 0.444 e. The van der Waals surface area contributed by atoms with Crippen LogP contribution in [0.4, 0.5) is 4.79 Å². The van der Waals surface area contributed by atoms with Gasteiger partial charge in [0.15, 0.2) is 0 Å². The first-order valence-corrected chi connectivity index (χ1v) is 9.26. The zero-order valence-electron chi connectivity index (χ0n) is 16.6. The molecule has 8 heteroatoms. The Bertz CT molecular complexity index is 843. The maximum absolute atomic E-state index is 12.7. The topological polar surface area (TPSA) is 96.0 Å². The molecule has 1 fully saturated rings. The summed E-state index contributed by atoms with van der Waals surface area (Å²) in [5, 5.41) is 2.29. The van der Waals surface area contributed by atoms with Gasteiger partial charge in [-0.2, -0.15) is 0 Å². The number of ether oxygens (including phenoxy) is 1. The Labute approximate surface area is 163 Å². The minimum Gasteiger partial charge on any atom is -0.444 e. The van der Waals surface area contributed by atoms with Crippen LogP contribution in [0.2, 0.25) is 0 Å². The van der Waals surface area contributed by atoms with Crippen molar-refractivity contribution in [2.24, 2.45) is 0 Å². The van der Waals surface area contributed by atoms with Gasteiger partial charge in [0.25, 0.3) is 5.91 Å². The average Bonchev–Trinajstić information content (AvgIpc) is 2.89. The van der Waals surface area contributed by atoms with Gasteiger partial charge in [0.1, 0.15) is 11.6 Å². The fraction of sp³-hybridized carbons (Fsp3) is 0.500. The molecule has 1 aromatic rings. The minimum atomic E-state index is -0.634. The van der Waals surface area contributed by atoms with E-state index >= 15 is 0 Å². The van der Waals surface area contributed by atoms with Crippen molar-refractivity contribution in [2.75, 3.05) is 7.05 Å². The summed E-state index contributed by atoms with van der Waals surface area (Å²) in [5.41, 5.74) is 1.65. The molecule has 2 heterocycles. The third-order valence-corrected chi connectivity index (χ3v) is 4.71. The Morgan fingerprint density at radius 2 is 2.00 bits per heavy atom. The van der Waals surface area contributed by atoms with Crippen LogP contribution in [-0.4, -0.2) is 52.3 Å². The van der Waals surface area contributed by atoms with E-state index in [4.69, 9.17) is 4.74 Å². The number of hydrogen-bond donors (Lipinski definition) is 1. The maximum Gasteiger partial charge on any atom is 0.410 e. The van der Waals surface area contributed by atoms with E-state index in [1.165, 1.54) is 9.80 Å². The molecule has 4 amide bonds. The van der Waals surface area contributed by atoms with Gasteiger partial charge >= 0.3 is 6.09 Å². The molecule has 1 unspecified atom stereocenters. The normalized spacial score (nSPS) is 19.4. The second kappa shape index (κ2) is 7.26. The van der Waals surface area contributed by atoms with Gasteiger partial charge < -0.3 is 14.5 Å². The van der Waals surface area contributed by atoms with E-state index in [0.717, 1.165) is 11.1 Å². The number of fused-ring (bicyclic) bond motifs is 1. The lowest BCUT2D eigenvalue weighted by molar-refractivity contribution is -0.136. The fourth-order valence-electron chi connectivity index (χ4n) is 3.40. The Balaban J connectivity index is 1.70. The second-order valence-electron chi connectivity index (χ2n) is 8.23. The number of benzene rings is 1. The van der Waals surface area contributed by atoms with Crippen molar-refractivity contribution in [1.29, 1.82) is 0 Å². The minimum absolute atomic E-state index is 0.212. The van der Waals surface area contributed by atoms with Gasteiger partial charge in [-0.3, -0.25) is 19.7 Å². The Morgan fingerprint density at radius 1 is 1.29 bits per heavy atom. The molecule has 1 N–H and O–H groups in total. The van der Waals surface area contributed by atoms with Crippen LogP contribution in [0.25, 0.3) is 0 Å². The predicted molar refractivity (Wildman–Crippen MR) is 100 cm³/mol. The molecule has 0 spiro atoms. The lowest BCUT2D eigenvalue weighted by atomic mass is 10.0. The van der Waals surface area contributed by atoms with Crippen molar-refractivity contribution in [3.05, 3.63) is 34.9 Å². The molecule has 1 aromatic carbocycles. The van der Waals surface area contributed by atoms with Crippen molar-refractivity contribution < 1.29 is 23.9 Å². The third-order valence-electron chi connectivity index (χ3n) is 4.71. The summed E-state index contributed by atoms with van der Waals surface area (Å²) in [7, 11) is 1.65. The molecule has 150 valence electrons. The maximum atomic E-state index is 12.7. The molecule has 3 rings (SSSR count). The number of hydrogen-bond acceptors (Lipinski definition) is 5. The smallest absolute Gasteiger partial charge is 0.410 e. The first kappa shape index (κ1) is 19.9. The van der Waals surface area contributed by atoms with E-state index in [0.29, 0.717) is 25.1 Å². The third kappa shape index (κ3) is 4.16. The lowest BCUT2D eigenvalue weighted by Gasteiger charge is -2.29. The van der Waals surface area contributed by atoms with E-state index in [2.05, 4.69) is 5.32 Å². The van der Waals surface area contributed by atoms with E-state index < -0.39 is 23.6 Å². The van der Waals surface area contributed by atoms with Crippen LogP contribution in [-0.2, 0) is 27.4 Å². The number of imide groups is 1. The summed E-state index contributed by atoms with van der Waals surface area (Å²) >= 11 is 0. The molecule has 2 aliphatic heterocycles. The average molecular weight is 387 g/mol. The summed E-state index contributed by atoms with van der Waals surface area (Å²) in [5.74, 6) is -0.947. The number of amides is 4. The van der Waals surface area contributed by atoms with Gasteiger partial charge in [-0.1, -0.05) is 12.1 Å². The summed E-state index contributed by atoms with van der Waals surface area (Å²) in [4.78, 5) is 51.3. The molecular weight excluding hydrogens is 362 g/mol. The second-order valence-corrected chi connectivity index (χ2v) is 8.23. The molecule has 1 saturated heterocycles. The van der Waals surface area contributed by atoms with Crippen LogP contribution in [0.5, 0.6) is 0 Å². The number of carbonyl (C=O) groups excluding carboxylic acids is 4. The quantitative estimate of drug-likeness (QED) is 0.798. The van der Waals surface area contributed by atoms with Crippen LogP contribution in [0.15, 0.2) is 18.2 Å². The summed E-state index contributed by atoms with van der Waals surface area (Å²) in [6.07, 6.45) is 0.135. The van der Waals surface area contributed by atoms with Crippen molar-refractivity contribution in [3.63, 3.8) is 0 Å². The highest BCUT2D eigenvalue weighted by atomic mass is 16.6. The molecule has 0 saturated carbocycles. The van der Waals surface area contributed by atoms with Gasteiger partial charge in [-0.05, 0) is 44.4 Å². The van der Waals surface area contributed by atoms with Crippen LogP contribution >= 0.6 is 0 Å². The highest BCUT2D eigenvalue weighted by molar-refractivity contribution is 6.05. The fourth-order valence-corrected chi connectivity index (χ4v) is 3.40. The Morgan fingerprint density at radius 3 is 2.64 bits per heavy atom. The van der Waals surface area contributed by atoms with E-state index in [1.54, 1.807) is 19.2 Å². The number of nitrogens with one attached hydrogen (secondary N) is 1. The molecule has 28 heavy (non-hydrogen) atoms. The van der Waals surface area contributed by atoms with Gasteiger partial charge in [0.2, 0.25) is 11.8 Å². The van der Waals surface area contributed by atoms with E-state index in [1.807, 2.05) is 26.8 Å². The number of carbonyl (C=O) groups is 4. The monoisotopic (exact) mass is 387 g/mol. The molecule has 0 radical (unpaired) electrons. The molecular formula is C20H25N3O5. The zero-order valence-corrected chi connectivity index (χ0v) is 16.6. The highest BCUT2D eigenvalue weighted by Crippen LogP contribution is 2.28. The molecule has 8 nitrogen and oxygen atoms in total. The number of rotatable bonds is 3. The van der Waals surface area contributed by atoms with Crippen molar-refractivity contribution in [2.45, 2.75) is 58.3 Å². The first-order valence-electron chi connectivity index (χ1n) is 9.26. The number of piperidine rings is 1. The Kier molecular flexibility index (Phi) is 5.14. The standard InChI is InChI=1S/C20H25N3O5/c1-20(2,3)28-19(27)22(4)10-12-5-6-14-13(9-12)11-23(18(14)26)15-7-8-16(24)21-17(15)25/h5-6,9,15H,7-8,10-11H2,1-4H3,(H,21,24,25). The molecule has 2 aliphatic rings. The zero-order chi connectivity index (χ0) is 20.6. The predicted octanol–water partition coefficient (Wildman–Crippen LogP) is 1.81. The van der Waals surface area contributed by atoms with E-state index in [-0.39, 0.29) is 18.2 Å². The highest BCUT2D eigenvalue weighted by Gasteiger charge is 2.39. The van der Waals surface area contributed by atoms with Crippen LogP contribution in [0.3, 0.4) is 0 Å². The molecule has 0 aliphatic carbocycles. The van der Waals surface area contributed by atoms with Gasteiger partial charge in [0.05, 0.1) is 0 Å². The number of nitrogens with zero attached hydrogens (tertiary/aromatic N) is 2. The van der Waals surface area contributed by atoms with Crippen LogP contribution in [0, 0.1) is 0 Å². The van der Waals surface area contributed by atoms with Crippen LogP contribution < -0.4 is 5.32 Å². The SMILES string of the molecule is CN(Cc1ccc2c(c1)CN(C1CCC(=O)NC1=O)C2=O)C(=O)OC(C)(C)C. The summed E-state index contributed by atoms with van der Waals surface area (Å²) < 4.78 is 5.35. The Hall–Kier alpha value is -2.90. The summed E-state index contributed by atoms with van der Waals surface area (Å²) in [6.45, 7) is 6.08. The molecule has 1 atom stereocenters. The van der Waals surface area contributed by atoms with Gasteiger partial charge in [0, 0.05) is 32.1 Å². The van der Waals surface area contributed by atoms with Crippen LogP contribution in [0.1, 0.15) is 55.1 Å². The first-order chi connectivity index (χ1) is 13.0. The van der Waals surface area contributed by atoms with E-state index in [9.17, 15) is 19.2 Å². The molecule has 0 aromatic heterocycles. The van der Waals surface area contributed by atoms with Gasteiger partial charge in [-0.25, -0.2) is 4.79 Å². The van der Waals surface area contributed by atoms with Crippen molar-refractivity contribution in [3.8, 4) is 0 Å². The summed E-state index contributed by atoms with van der Waals surface area (Å²) in [6, 6.07) is 4.76.